The van der Waals surface area contributed by atoms with Crippen molar-refractivity contribution in [3.63, 3.8) is 0 Å². The van der Waals surface area contributed by atoms with Gasteiger partial charge in [0.25, 0.3) is 0 Å². The summed E-state index contributed by atoms with van der Waals surface area (Å²) in [6, 6.07) is 17.9. The van der Waals surface area contributed by atoms with Crippen molar-refractivity contribution in [2.45, 2.75) is 32.0 Å². The minimum absolute atomic E-state index is 0.0259. The molecule has 1 fully saturated rings. The van der Waals surface area contributed by atoms with Crippen LogP contribution in [0.4, 0.5) is 0 Å². The van der Waals surface area contributed by atoms with Crippen LogP contribution in [0.15, 0.2) is 66.7 Å². The first-order chi connectivity index (χ1) is 14.5. The number of allylic oxidation sites excluding steroid dienone is 2. The van der Waals surface area contributed by atoms with E-state index in [9.17, 15) is 14.7 Å². The van der Waals surface area contributed by atoms with Crippen molar-refractivity contribution < 1.29 is 19.4 Å². The number of β-amino-alcohol motifs (C(OH)–C–C–N with tert-alkyl or cyclic N) is 1. The van der Waals surface area contributed by atoms with Gasteiger partial charge in [0.15, 0.2) is 0 Å². The maximum Gasteiger partial charge on any atom is 0.233 e. The Morgan fingerprint density at radius 2 is 1.50 bits per heavy atom. The van der Waals surface area contributed by atoms with E-state index >= 15 is 0 Å². The molecule has 0 radical (unpaired) electrons. The van der Waals surface area contributed by atoms with Crippen molar-refractivity contribution in [2.24, 2.45) is 11.8 Å². The van der Waals surface area contributed by atoms with Crippen LogP contribution in [-0.2, 0) is 14.3 Å². The second-order valence-electron chi connectivity index (χ2n) is 8.13. The minimum atomic E-state index is -0.942. The Bertz CT molecular complexity index is 896. The monoisotopic (exact) mass is 405 g/mol. The highest BCUT2D eigenvalue weighted by molar-refractivity contribution is 6.05. The average Bonchev–Trinajstić information content (AvgIpc) is 3.01. The Morgan fingerprint density at radius 3 is 2.10 bits per heavy atom. The van der Waals surface area contributed by atoms with Crippen molar-refractivity contribution in [2.75, 3.05) is 13.2 Å². The van der Waals surface area contributed by atoms with Crippen LogP contribution in [0, 0.1) is 18.8 Å². The molecule has 30 heavy (non-hydrogen) atoms. The van der Waals surface area contributed by atoms with Gasteiger partial charge >= 0.3 is 0 Å². The Hall–Kier alpha value is -2.76. The number of aryl methyl sites for hydroxylation is 1. The summed E-state index contributed by atoms with van der Waals surface area (Å²) in [5, 5.41) is 10.6. The second kappa shape index (κ2) is 8.94. The Labute approximate surface area is 177 Å². The molecule has 5 nitrogen and oxygen atoms in total. The molecular weight excluding hydrogens is 378 g/mol. The van der Waals surface area contributed by atoms with E-state index in [1.54, 1.807) is 0 Å². The van der Waals surface area contributed by atoms with Gasteiger partial charge in [-0.2, -0.15) is 0 Å². The summed E-state index contributed by atoms with van der Waals surface area (Å²) in [6.07, 6.45) is 3.84. The summed E-state index contributed by atoms with van der Waals surface area (Å²) in [5.74, 6) is -0.904. The van der Waals surface area contributed by atoms with E-state index in [2.05, 4.69) is 0 Å². The van der Waals surface area contributed by atoms with Crippen LogP contribution in [0.5, 0.6) is 0 Å². The number of rotatable bonds is 7. The number of benzene rings is 2. The molecule has 156 valence electrons. The molecular formula is C25H27NO4. The third-order valence-electron chi connectivity index (χ3n) is 5.93. The van der Waals surface area contributed by atoms with Crippen molar-refractivity contribution in [1.29, 1.82) is 0 Å². The molecule has 4 atom stereocenters. The van der Waals surface area contributed by atoms with Crippen molar-refractivity contribution >= 4 is 11.8 Å². The number of aliphatic hydroxyl groups is 1. The standard InChI is InChI=1S/C25H27NO4/c1-17-11-13-19(14-12-17)23(18-7-3-2-4-8-18)30-16-20(27)15-26-24(28)21-9-5-6-10-22(21)25(26)29/h2-8,11-14,20-23,27H,9-10,15-16H2,1H3/t20-,21-,22+,23-/m1/s1. The molecule has 5 heteroatoms. The molecule has 4 rings (SSSR count). The summed E-state index contributed by atoms with van der Waals surface area (Å²) in [7, 11) is 0. The van der Waals surface area contributed by atoms with E-state index in [1.165, 1.54) is 4.90 Å². The van der Waals surface area contributed by atoms with Crippen LogP contribution in [0.25, 0.3) is 0 Å². The Kier molecular flexibility index (Phi) is 6.11. The normalized spacial score (nSPS) is 22.8. The molecule has 2 aromatic carbocycles. The number of fused-ring (bicyclic) bond motifs is 1. The minimum Gasteiger partial charge on any atom is -0.389 e. The summed E-state index contributed by atoms with van der Waals surface area (Å²) in [4.78, 5) is 26.5. The fourth-order valence-corrected chi connectivity index (χ4v) is 4.27. The van der Waals surface area contributed by atoms with Gasteiger partial charge in [-0.3, -0.25) is 14.5 Å². The molecule has 0 bridgehead atoms. The molecule has 1 aliphatic carbocycles. The largest absolute Gasteiger partial charge is 0.389 e. The van der Waals surface area contributed by atoms with Crippen LogP contribution >= 0.6 is 0 Å². The fourth-order valence-electron chi connectivity index (χ4n) is 4.27. The summed E-state index contributed by atoms with van der Waals surface area (Å²) >= 11 is 0. The molecule has 1 aliphatic heterocycles. The summed E-state index contributed by atoms with van der Waals surface area (Å²) in [6.45, 7) is 2.03. The predicted octanol–water partition coefficient (Wildman–Crippen LogP) is 3.41. The lowest BCUT2D eigenvalue weighted by molar-refractivity contribution is -0.142. The number of imide groups is 1. The maximum atomic E-state index is 12.6. The number of likely N-dealkylation sites (tertiary alicyclic amines) is 1. The summed E-state index contributed by atoms with van der Waals surface area (Å²) in [5.41, 5.74) is 3.14. The third kappa shape index (κ3) is 4.23. The highest BCUT2D eigenvalue weighted by Gasteiger charge is 2.47. The van der Waals surface area contributed by atoms with Crippen LogP contribution < -0.4 is 0 Å². The van der Waals surface area contributed by atoms with Gasteiger partial charge in [-0.05, 0) is 30.9 Å². The number of carbonyl (C=O) groups excluding carboxylic acids is 2. The number of hydrogen-bond acceptors (Lipinski definition) is 4. The van der Waals surface area contributed by atoms with E-state index in [1.807, 2.05) is 73.7 Å². The zero-order valence-corrected chi connectivity index (χ0v) is 17.1. The first-order valence-corrected chi connectivity index (χ1v) is 10.5. The smallest absolute Gasteiger partial charge is 0.233 e. The second-order valence-corrected chi connectivity index (χ2v) is 8.13. The van der Waals surface area contributed by atoms with E-state index in [4.69, 9.17) is 4.74 Å². The van der Waals surface area contributed by atoms with Gasteiger partial charge in [-0.1, -0.05) is 72.3 Å². The molecule has 2 aliphatic rings. The van der Waals surface area contributed by atoms with Crippen molar-refractivity contribution in [1.82, 2.24) is 4.90 Å². The molecule has 0 aromatic heterocycles. The zero-order valence-electron chi connectivity index (χ0n) is 17.1. The number of aliphatic hydroxyl groups excluding tert-OH is 1. The van der Waals surface area contributed by atoms with Gasteiger partial charge in [0, 0.05) is 0 Å². The molecule has 2 amide bonds. The third-order valence-corrected chi connectivity index (χ3v) is 5.93. The fraction of sp³-hybridized carbons (Fsp3) is 0.360. The number of amides is 2. The SMILES string of the molecule is Cc1ccc([C@H](OC[C@H](O)CN2C(=O)[C@H]3CC=CC[C@H]3C2=O)c2ccccc2)cc1. The molecule has 1 saturated heterocycles. The highest BCUT2D eigenvalue weighted by atomic mass is 16.5. The number of carbonyl (C=O) groups is 2. The summed E-state index contributed by atoms with van der Waals surface area (Å²) < 4.78 is 6.10. The van der Waals surface area contributed by atoms with Crippen molar-refractivity contribution in [3.8, 4) is 0 Å². The zero-order chi connectivity index (χ0) is 21.1. The quantitative estimate of drug-likeness (QED) is 0.566. The lowest BCUT2D eigenvalue weighted by Gasteiger charge is -2.23. The van der Waals surface area contributed by atoms with Crippen LogP contribution in [0.3, 0.4) is 0 Å². The molecule has 1 heterocycles. The number of ether oxygens (including phenoxy) is 1. The molecule has 0 unspecified atom stereocenters. The van der Waals surface area contributed by atoms with Crippen LogP contribution in [0.1, 0.15) is 35.6 Å². The molecule has 0 saturated carbocycles. The van der Waals surface area contributed by atoms with E-state index in [0.29, 0.717) is 12.8 Å². The first kappa shape index (κ1) is 20.5. The van der Waals surface area contributed by atoms with Gasteiger partial charge < -0.3 is 9.84 Å². The predicted molar refractivity (Wildman–Crippen MR) is 113 cm³/mol. The lowest BCUT2D eigenvalue weighted by Crippen LogP contribution is -2.39. The van der Waals surface area contributed by atoms with E-state index in [-0.39, 0.29) is 42.9 Å². The van der Waals surface area contributed by atoms with Gasteiger partial charge in [0.05, 0.1) is 31.1 Å². The topological polar surface area (TPSA) is 66.8 Å². The molecule has 0 spiro atoms. The average molecular weight is 405 g/mol. The number of hydrogen-bond donors (Lipinski definition) is 1. The van der Waals surface area contributed by atoms with Gasteiger partial charge in [-0.15, -0.1) is 0 Å². The van der Waals surface area contributed by atoms with Crippen molar-refractivity contribution in [3.05, 3.63) is 83.4 Å². The lowest BCUT2D eigenvalue weighted by atomic mass is 9.85. The van der Waals surface area contributed by atoms with E-state index in [0.717, 1.165) is 16.7 Å². The van der Waals surface area contributed by atoms with Gasteiger partial charge in [0.1, 0.15) is 6.10 Å². The Morgan fingerprint density at radius 1 is 0.933 bits per heavy atom. The van der Waals surface area contributed by atoms with Gasteiger partial charge in [-0.25, -0.2) is 0 Å². The maximum absolute atomic E-state index is 12.6. The molecule has 1 N–H and O–H groups in total. The van der Waals surface area contributed by atoms with Crippen LogP contribution in [-0.4, -0.2) is 41.1 Å². The van der Waals surface area contributed by atoms with Gasteiger partial charge in [0.2, 0.25) is 11.8 Å². The Balaban J connectivity index is 1.43. The molecule has 2 aromatic rings. The number of nitrogens with zero attached hydrogens (tertiary/aromatic N) is 1. The van der Waals surface area contributed by atoms with E-state index < -0.39 is 6.10 Å². The first-order valence-electron chi connectivity index (χ1n) is 10.5. The highest BCUT2D eigenvalue weighted by Crippen LogP contribution is 2.35. The van der Waals surface area contributed by atoms with Crippen LogP contribution in [0.2, 0.25) is 0 Å².